The summed E-state index contributed by atoms with van der Waals surface area (Å²) in [5, 5.41) is 1.43. The molecule has 2 aromatic carbocycles. The summed E-state index contributed by atoms with van der Waals surface area (Å²) in [6.07, 6.45) is 0. The number of carbonyl (C=O) groups excluding carboxylic acids is 1. The van der Waals surface area contributed by atoms with E-state index in [4.69, 9.17) is 14.3 Å². The molecule has 0 aromatic heterocycles. The number of nitrogens with zero attached hydrogens (tertiary/aromatic N) is 1. The van der Waals surface area contributed by atoms with E-state index in [2.05, 4.69) is 0 Å². The topological polar surface area (TPSA) is 48.0 Å². The number of hydrogen-bond donors (Lipinski definition) is 0. The van der Waals surface area contributed by atoms with E-state index >= 15 is 0 Å². The molecular weight excluding hydrogens is 270 g/mol. The summed E-state index contributed by atoms with van der Waals surface area (Å²) in [4.78, 5) is 16.7. The molecule has 5 nitrogen and oxygen atoms in total. The zero-order valence-electron chi connectivity index (χ0n) is 12.2. The first kappa shape index (κ1) is 14.7. The first-order valence-electron chi connectivity index (χ1n) is 6.41. The minimum Gasteiger partial charge on any atom is -0.497 e. The Bertz CT molecular complexity index is 610. The van der Waals surface area contributed by atoms with Gasteiger partial charge in [0, 0.05) is 6.92 Å². The molecule has 0 saturated carbocycles. The molecule has 21 heavy (non-hydrogen) atoms. The van der Waals surface area contributed by atoms with E-state index in [1.165, 1.54) is 12.0 Å². The van der Waals surface area contributed by atoms with Gasteiger partial charge in [0.25, 0.3) is 0 Å². The van der Waals surface area contributed by atoms with Crippen LogP contribution in [0.2, 0.25) is 0 Å². The maximum Gasteiger partial charge on any atom is 0.329 e. The Morgan fingerprint density at radius 2 is 1.62 bits per heavy atom. The Morgan fingerprint density at radius 3 is 2.19 bits per heavy atom. The van der Waals surface area contributed by atoms with Crippen molar-refractivity contribution < 1.29 is 19.1 Å². The van der Waals surface area contributed by atoms with Gasteiger partial charge in [0.2, 0.25) is 0 Å². The predicted octanol–water partition coefficient (Wildman–Crippen LogP) is 3.32. The number of para-hydroxylation sites is 2. The van der Waals surface area contributed by atoms with Crippen LogP contribution >= 0.6 is 0 Å². The maximum atomic E-state index is 11.4. The number of anilines is 2. The molecule has 2 rings (SSSR count). The van der Waals surface area contributed by atoms with Gasteiger partial charge in [-0.25, -0.2) is 4.79 Å². The molecule has 0 amide bonds. The third-order valence-electron chi connectivity index (χ3n) is 2.83. The molecule has 0 aliphatic rings. The van der Waals surface area contributed by atoms with E-state index in [9.17, 15) is 4.79 Å². The summed E-state index contributed by atoms with van der Waals surface area (Å²) in [6, 6.07) is 14.5. The van der Waals surface area contributed by atoms with Gasteiger partial charge < -0.3 is 14.3 Å². The van der Waals surface area contributed by atoms with Crippen molar-refractivity contribution in [1.29, 1.82) is 0 Å². The summed E-state index contributed by atoms with van der Waals surface area (Å²) in [5.41, 5.74) is 1.33. The second kappa shape index (κ2) is 6.65. The van der Waals surface area contributed by atoms with Crippen molar-refractivity contribution in [3.05, 3.63) is 48.5 Å². The van der Waals surface area contributed by atoms with E-state index in [0.29, 0.717) is 17.1 Å². The first-order chi connectivity index (χ1) is 10.2. The van der Waals surface area contributed by atoms with Crippen LogP contribution in [0.5, 0.6) is 11.5 Å². The largest absolute Gasteiger partial charge is 0.497 e. The van der Waals surface area contributed by atoms with Crippen LogP contribution in [0.25, 0.3) is 0 Å². The van der Waals surface area contributed by atoms with Crippen LogP contribution in [0, 0.1) is 0 Å². The van der Waals surface area contributed by atoms with Crippen molar-refractivity contribution in [3.8, 4) is 11.5 Å². The highest BCUT2D eigenvalue weighted by Crippen LogP contribution is 2.34. The Balaban J connectivity index is 2.44. The first-order valence-corrected chi connectivity index (χ1v) is 6.41. The number of hydrogen-bond acceptors (Lipinski definition) is 5. The smallest absolute Gasteiger partial charge is 0.329 e. The quantitative estimate of drug-likeness (QED) is 0.789. The predicted molar refractivity (Wildman–Crippen MR) is 79.9 cm³/mol. The lowest BCUT2D eigenvalue weighted by atomic mass is 10.2. The van der Waals surface area contributed by atoms with Crippen LogP contribution in [0.3, 0.4) is 0 Å². The highest BCUT2D eigenvalue weighted by Gasteiger charge is 2.17. The zero-order valence-corrected chi connectivity index (χ0v) is 12.2. The fraction of sp³-hybridized carbons (Fsp3) is 0.188. The van der Waals surface area contributed by atoms with Gasteiger partial charge in [-0.2, -0.15) is 5.06 Å². The number of rotatable bonds is 5. The summed E-state index contributed by atoms with van der Waals surface area (Å²) < 4.78 is 10.4. The molecule has 0 aliphatic carbocycles. The Kier molecular flexibility index (Phi) is 4.66. The zero-order chi connectivity index (χ0) is 15.2. The van der Waals surface area contributed by atoms with Crippen molar-refractivity contribution >= 4 is 17.3 Å². The van der Waals surface area contributed by atoms with Crippen LogP contribution in [0.4, 0.5) is 11.4 Å². The molecule has 0 heterocycles. The molecule has 0 N–H and O–H groups in total. The molecule has 0 bridgehead atoms. The van der Waals surface area contributed by atoms with Gasteiger partial charge in [-0.1, -0.05) is 12.1 Å². The van der Waals surface area contributed by atoms with Crippen LogP contribution in [0.1, 0.15) is 6.92 Å². The molecule has 5 heteroatoms. The van der Waals surface area contributed by atoms with Crippen molar-refractivity contribution in [2.75, 3.05) is 19.3 Å². The second-order valence-electron chi connectivity index (χ2n) is 4.25. The lowest BCUT2D eigenvalue weighted by Crippen LogP contribution is -2.21. The minimum absolute atomic E-state index is 0.420. The van der Waals surface area contributed by atoms with Crippen molar-refractivity contribution in [1.82, 2.24) is 0 Å². The third-order valence-corrected chi connectivity index (χ3v) is 2.83. The summed E-state index contributed by atoms with van der Waals surface area (Å²) in [6.45, 7) is 1.35. The van der Waals surface area contributed by atoms with Crippen molar-refractivity contribution in [2.24, 2.45) is 0 Å². The standard InChI is InChI=1S/C16H17NO4/c1-12(18)21-17(13-8-10-14(19-2)11-9-13)15-6-4-5-7-16(15)20-3/h4-11H,1-3H3. The Hall–Kier alpha value is -2.69. The summed E-state index contributed by atoms with van der Waals surface area (Å²) >= 11 is 0. The highest BCUT2D eigenvalue weighted by molar-refractivity contribution is 5.74. The molecule has 0 spiro atoms. The van der Waals surface area contributed by atoms with Crippen LogP contribution in [-0.4, -0.2) is 20.2 Å². The van der Waals surface area contributed by atoms with Gasteiger partial charge in [-0.05, 0) is 36.4 Å². The van der Waals surface area contributed by atoms with E-state index in [1.807, 2.05) is 18.2 Å². The van der Waals surface area contributed by atoms with Gasteiger partial charge in [0.1, 0.15) is 17.2 Å². The molecular formula is C16H17NO4. The van der Waals surface area contributed by atoms with Gasteiger partial charge in [0.05, 0.1) is 19.9 Å². The fourth-order valence-electron chi connectivity index (χ4n) is 1.88. The maximum absolute atomic E-state index is 11.4. The number of methoxy groups -OCH3 is 2. The normalized spacial score (nSPS) is 9.86. The molecule has 0 fully saturated rings. The molecule has 0 radical (unpaired) electrons. The average molecular weight is 287 g/mol. The van der Waals surface area contributed by atoms with Gasteiger partial charge in [0.15, 0.2) is 0 Å². The highest BCUT2D eigenvalue weighted by atomic mass is 16.7. The number of benzene rings is 2. The Morgan fingerprint density at radius 1 is 0.952 bits per heavy atom. The SMILES string of the molecule is COc1ccc(N(OC(C)=O)c2ccccc2OC)cc1. The summed E-state index contributed by atoms with van der Waals surface area (Å²) in [7, 11) is 3.16. The molecule has 110 valence electrons. The fourth-order valence-corrected chi connectivity index (χ4v) is 1.88. The van der Waals surface area contributed by atoms with Crippen molar-refractivity contribution in [3.63, 3.8) is 0 Å². The number of carbonyl (C=O) groups is 1. The molecule has 0 unspecified atom stereocenters. The molecule has 0 saturated heterocycles. The number of ether oxygens (including phenoxy) is 2. The van der Waals surface area contributed by atoms with Gasteiger partial charge >= 0.3 is 5.97 Å². The van der Waals surface area contributed by atoms with E-state index < -0.39 is 5.97 Å². The van der Waals surface area contributed by atoms with Crippen LogP contribution < -0.4 is 14.5 Å². The van der Waals surface area contributed by atoms with Crippen LogP contribution in [-0.2, 0) is 9.63 Å². The second-order valence-corrected chi connectivity index (χ2v) is 4.25. The minimum atomic E-state index is -0.420. The van der Waals surface area contributed by atoms with Crippen molar-refractivity contribution in [2.45, 2.75) is 6.92 Å². The van der Waals surface area contributed by atoms with E-state index in [1.54, 1.807) is 44.6 Å². The average Bonchev–Trinajstić information content (AvgIpc) is 2.52. The van der Waals surface area contributed by atoms with Crippen LogP contribution in [0.15, 0.2) is 48.5 Å². The van der Waals surface area contributed by atoms with E-state index in [0.717, 1.165) is 5.75 Å². The molecule has 2 aromatic rings. The summed E-state index contributed by atoms with van der Waals surface area (Å²) in [5.74, 6) is 0.910. The van der Waals surface area contributed by atoms with E-state index in [-0.39, 0.29) is 0 Å². The van der Waals surface area contributed by atoms with Gasteiger partial charge in [-0.15, -0.1) is 0 Å². The lowest BCUT2D eigenvalue weighted by molar-refractivity contribution is -0.141. The molecule has 0 aliphatic heterocycles. The molecule has 0 atom stereocenters. The van der Waals surface area contributed by atoms with Gasteiger partial charge in [-0.3, -0.25) is 0 Å². The Labute approximate surface area is 123 Å². The third kappa shape index (κ3) is 3.45. The monoisotopic (exact) mass is 287 g/mol. The lowest BCUT2D eigenvalue weighted by Gasteiger charge is -2.24.